The van der Waals surface area contributed by atoms with Crippen molar-refractivity contribution >= 4 is 11.9 Å². The van der Waals surface area contributed by atoms with Gasteiger partial charge in [0.25, 0.3) is 0 Å². The van der Waals surface area contributed by atoms with Gasteiger partial charge in [-0.15, -0.1) is 0 Å². The summed E-state index contributed by atoms with van der Waals surface area (Å²) in [5, 5.41) is 21.7. The number of carboxylic acid groups (broad SMARTS) is 2. The molecule has 1 aliphatic carbocycles. The van der Waals surface area contributed by atoms with Crippen LogP contribution in [0.3, 0.4) is 0 Å². The van der Waals surface area contributed by atoms with Crippen molar-refractivity contribution in [3.8, 4) is 0 Å². The van der Waals surface area contributed by atoms with E-state index < -0.39 is 23.8 Å². The van der Waals surface area contributed by atoms with Crippen LogP contribution in [0.4, 0.5) is 0 Å². The van der Waals surface area contributed by atoms with Gasteiger partial charge >= 0.3 is 11.9 Å². The Labute approximate surface area is 134 Å². The Morgan fingerprint density at radius 3 is 1.82 bits per heavy atom. The molecular weight excluding hydrogens is 282 g/mol. The summed E-state index contributed by atoms with van der Waals surface area (Å²) in [7, 11) is 0. The molecule has 1 fully saturated rings. The molecule has 0 saturated heterocycles. The molecule has 0 radical (unpaired) electrons. The van der Waals surface area contributed by atoms with Gasteiger partial charge in [-0.1, -0.05) is 40.5 Å². The summed E-state index contributed by atoms with van der Waals surface area (Å²) in [6.07, 6.45) is 4.23. The van der Waals surface area contributed by atoms with E-state index in [1.807, 2.05) is 13.8 Å². The largest absolute Gasteiger partial charge is 0.481 e. The monoisotopic (exact) mass is 315 g/mol. The van der Waals surface area contributed by atoms with E-state index in [0.29, 0.717) is 6.42 Å². The van der Waals surface area contributed by atoms with Gasteiger partial charge in [-0.05, 0) is 44.2 Å². The summed E-state index contributed by atoms with van der Waals surface area (Å²) in [5.41, 5.74) is 0. The van der Waals surface area contributed by atoms with E-state index in [4.69, 9.17) is 0 Å². The fourth-order valence-electron chi connectivity index (χ4n) is 3.18. The number of carboxylic acids is 2. The normalized spacial score (nSPS) is 17.7. The summed E-state index contributed by atoms with van der Waals surface area (Å²) in [5.74, 6) is -3.09. The number of rotatable bonds is 8. The van der Waals surface area contributed by atoms with Gasteiger partial charge in [0.05, 0.1) is 11.8 Å². The van der Waals surface area contributed by atoms with Crippen LogP contribution >= 0.6 is 0 Å². The van der Waals surface area contributed by atoms with Crippen LogP contribution in [0.2, 0.25) is 0 Å². The van der Waals surface area contributed by atoms with Gasteiger partial charge in [-0.25, -0.2) is 0 Å². The molecule has 130 valence electrons. The second kappa shape index (κ2) is 11.5. The third-order valence-electron chi connectivity index (χ3n) is 4.17. The average Bonchev–Trinajstić information content (AvgIpc) is 2.92. The maximum absolute atomic E-state index is 11.4. The lowest BCUT2D eigenvalue weighted by molar-refractivity contribution is -0.156. The van der Waals surface area contributed by atoms with Crippen LogP contribution < -0.4 is 5.32 Å². The number of hydrogen-bond acceptors (Lipinski definition) is 3. The molecule has 3 N–H and O–H groups in total. The fourth-order valence-corrected chi connectivity index (χ4v) is 3.18. The van der Waals surface area contributed by atoms with Gasteiger partial charge in [0.2, 0.25) is 0 Å². The van der Waals surface area contributed by atoms with Gasteiger partial charge in [0.1, 0.15) is 0 Å². The van der Waals surface area contributed by atoms with Crippen molar-refractivity contribution in [2.24, 2.45) is 23.7 Å². The van der Waals surface area contributed by atoms with Gasteiger partial charge in [-0.3, -0.25) is 9.59 Å². The Hall–Kier alpha value is -1.10. The molecule has 5 nitrogen and oxygen atoms in total. The Morgan fingerprint density at radius 2 is 1.55 bits per heavy atom. The molecule has 1 aliphatic rings. The second-order valence-electron chi connectivity index (χ2n) is 6.44. The van der Waals surface area contributed by atoms with E-state index in [1.165, 1.54) is 0 Å². The van der Waals surface area contributed by atoms with Crippen molar-refractivity contribution in [3.63, 3.8) is 0 Å². The summed E-state index contributed by atoms with van der Waals surface area (Å²) >= 11 is 0. The van der Waals surface area contributed by atoms with E-state index in [-0.39, 0.29) is 11.8 Å². The Kier molecular flexibility index (Phi) is 10.9. The lowest BCUT2D eigenvalue weighted by Gasteiger charge is -2.26. The summed E-state index contributed by atoms with van der Waals surface area (Å²) < 4.78 is 0. The maximum Gasteiger partial charge on any atom is 0.307 e. The molecule has 2 unspecified atom stereocenters. The molecule has 0 bridgehead atoms. The number of hydrogen-bond donors (Lipinski definition) is 3. The number of nitrogens with one attached hydrogen (secondary N) is 1. The van der Waals surface area contributed by atoms with Crippen LogP contribution in [0.5, 0.6) is 0 Å². The van der Waals surface area contributed by atoms with E-state index in [0.717, 1.165) is 38.8 Å². The van der Waals surface area contributed by atoms with Crippen LogP contribution in [0.25, 0.3) is 0 Å². The molecular formula is C17H33NO4. The lowest BCUT2D eigenvalue weighted by Crippen LogP contribution is -2.35. The summed E-state index contributed by atoms with van der Waals surface area (Å²) in [6.45, 7) is 10.3. The molecule has 22 heavy (non-hydrogen) atoms. The second-order valence-corrected chi connectivity index (χ2v) is 6.44. The number of aliphatic carboxylic acids is 2. The maximum atomic E-state index is 11.4. The van der Waals surface area contributed by atoms with Crippen molar-refractivity contribution in [3.05, 3.63) is 0 Å². The molecule has 1 saturated carbocycles. The topological polar surface area (TPSA) is 86.6 Å². The minimum Gasteiger partial charge on any atom is -0.481 e. The van der Waals surface area contributed by atoms with Crippen LogP contribution in [0, 0.1) is 23.7 Å². The van der Waals surface area contributed by atoms with E-state index in [9.17, 15) is 19.8 Å². The van der Waals surface area contributed by atoms with Crippen molar-refractivity contribution in [2.75, 3.05) is 13.1 Å². The van der Waals surface area contributed by atoms with Crippen molar-refractivity contribution in [1.82, 2.24) is 5.32 Å². The minimum absolute atomic E-state index is 0.0485. The smallest absolute Gasteiger partial charge is 0.307 e. The highest BCUT2D eigenvalue weighted by Crippen LogP contribution is 2.37. The van der Waals surface area contributed by atoms with E-state index >= 15 is 0 Å². The van der Waals surface area contributed by atoms with Crippen LogP contribution in [0.1, 0.15) is 59.8 Å². The van der Waals surface area contributed by atoms with E-state index in [1.54, 1.807) is 0 Å². The first kappa shape index (κ1) is 20.9. The zero-order chi connectivity index (χ0) is 17.1. The lowest BCUT2D eigenvalue weighted by atomic mass is 9.77. The molecule has 0 aromatic rings. The number of carbonyl (C=O) groups is 2. The average molecular weight is 315 g/mol. The third kappa shape index (κ3) is 7.78. The van der Waals surface area contributed by atoms with Crippen molar-refractivity contribution in [2.45, 2.75) is 59.8 Å². The Balaban J connectivity index is 0.000000763. The molecule has 5 heteroatoms. The fraction of sp³-hybridized carbons (Fsp3) is 0.882. The molecule has 0 aliphatic heterocycles. The first-order valence-corrected chi connectivity index (χ1v) is 8.51. The van der Waals surface area contributed by atoms with Crippen LogP contribution in [0.15, 0.2) is 0 Å². The SMILES string of the molecule is CC(C)CC(C(=O)O)C(C(=O)O)C1CCCC1.CCNCC. The minimum atomic E-state index is -0.960. The molecule has 0 spiro atoms. The quantitative estimate of drug-likeness (QED) is 0.640. The molecule has 0 heterocycles. The predicted molar refractivity (Wildman–Crippen MR) is 87.9 cm³/mol. The molecule has 0 aromatic carbocycles. The zero-order valence-corrected chi connectivity index (χ0v) is 14.5. The van der Waals surface area contributed by atoms with E-state index in [2.05, 4.69) is 19.2 Å². The zero-order valence-electron chi connectivity index (χ0n) is 14.5. The van der Waals surface area contributed by atoms with Crippen molar-refractivity contribution in [1.29, 1.82) is 0 Å². The highest BCUT2D eigenvalue weighted by Gasteiger charge is 2.40. The van der Waals surface area contributed by atoms with Crippen molar-refractivity contribution < 1.29 is 19.8 Å². The predicted octanol–water partition coefficient (Wildman–Crippen LogP) is 3.24. The van der Waals surface area contributed by atoms with Gasteiger partial charge in [0, 0.05) is 0 Å². The highest BCUT2D eigenvalue weighted by atomic mass is 16.4. The first-order chi connectivity index (χ1) is 10.3. The summed E-state index contributed by atoms with van der Waals surface area (Å²) in [4.78, 5) is 22.6. The third-order valence-corrected chi connectivity index (χ3v) is 4.17. The first-order valence-electron chi connectivity index (χ1n) is 8.51. The Morgan fingerprint density at radius 1 is 1.05 bits per heavy atom. The van der Waals surface area contributed by atoms with Gasteiger partial charge in [0.15, 0.2) is 0 Å². The van der Waals surface area contributed by atoms with Crippen LogP contribution in [-0.4, -0.2) is 35.2 Å². The molecule has 0 amide bonds. The van der Waals surface area contributed by atoms with Gasteiger partial charge < -0.3 is 15.5 Å². The molecule has 2 atom stereocenters. The molecule has 0 aromatic heterocycles. The Bertz CT molecular complexity index is 323. The summed E-state index contributed by atoms with van der Waals surface area (Å²) in [6, 6.07) is 0. The molecule has 1 rings (SSSR count). The van der Waals surface area contributed by atoms with Gasteiger partial charge in [-0.2, -0.15) is 0 Å². The highest BCUT2D eigenvalue weighted by molar-refractivity contribution is 5.80. The van der Waals surface area contributed by atoms with Crippen LogP contribution in [-0.2, 0) is 9.59 Å². The standard InChI is InChI=1S/C13H22O4.C4H11N/c1-8(2)7-10(12(14)15)11(13(16)17)9-5-3-4-6-9;1-3-5-4-2/h8-11H,3-7H2,1-2H3,(H,14,15)(H,16,17);5H,3-4H2,1-2H3.